The van der Waals surface area contributed by atoms with Gasteiger partial charge in [0.15, 0.2) is 0 Å². The number of rotatable bonds is 4. The zero-order valence-electron chi connectivity index (χ0n) is 8.76. The Labute approximate surface area is 91.9 Å². The number of hydrogen-bond donors (Lipinski definition) is 0. The van der Waals surface area contributed by atoms with Crippen LogP contribution in [0.2, 0.25) is 0 Å². The highest BCUT2D eigenvalue weighted by Gasteiger charge is 2.12. The van der Waals surface area contributed by atoms with E-state index in [9.17, 15) is 0 Å². The molecule has 74 valence electrons. The van der Waals surface area contributed by atoms with E-state index in [2.05, 4.69) is 41.0 Å². The molecule has 0 saturated carbocycles. The van der Waals surface area contributed by atoms with Gasteiger partial charge in [-0.1, -0.05) is 53.7 Å². The number of halogens is 1. The van der Waals surface area contributed by atoms with Gasteiger partial charge in [-0.05, 0) is 38.3 Å². The molecule has 0 aromatic rings. The van der Waals surface area contributed by atoms with Crippen molar-refractivity contribution in [3.63, 3.8) is 0 Å². The molecule has 1 unspecified atom stereocenters. The quantitative estimate of drug-likeness (QED) is 0.678. The van der Waals surface area contributed by atoms with Gasteiger partial charge in [0.1, 0.15) is 0 Å². The van der Waals surface area contributed by atoms with Crippen LogP contribution in [0.1, 0.15) is 33.6 Å². The fraction of sp³-hybridized carbons (Fsp3) is 0.583. The van der Waals surface area contributed by atoms with Crippen molar-refractivity contribution in [2.75, 3.05) is 0 Å². The van der Waals surface area contributed by atoms with Crippen molar-refractivity contribution in [1.29, 1.82) is 0 Å². The van der Waals surface area contributed by atoms with Crippen LogP contribution in [0.4, 0.5) is 0 Å². The van der Waals surface area contributed by atoms with Crippen molar-refractivity contribution in [1.82, 2.24) is 0 Å². The first kappa shape index (κ1) is 11.2. The summed E-state index contributed by atoms with van der Waals surface area (Å²) in [7, 11) is 0. The van der Waals surface area contributed by atoms with Gasteiger partial charge in [-0.25, -0.2) is 0 Å². The van der Waals surface area contributed by atoms with Crippen LogP contribution in [0, 0.1) is 11.8 Å². The zero-order chi connectivity index (χ0) is 9.68. The van der Waals surface area contributed by atoms with Crippen LogP contribution in [0.25, 0.3) is 0 Å². The van der Waals surface area contributed by atoms with Crippen LogP contribution < -0.4 is 0 Å². The fourth-order valence-electron chi connectivity index (χ4n) is 1.67. The minimum Gasteiger partial charge on any atom is -0.0934 e. The molecule has 0 N–H and O–H groups in total. The Hall–Kier alpha value is 0.0800. The van der Waals surface area contributed by atoms with Gasteiger partial charge in [-0.2, -0.15) is 0 Å². The largest absolute Gasteiger partial charge is 0.0934 e. The van der Waals surface area contributed by atoms with E-state index in [4.69, 9.17) is 0 Å². The molecule has 0 amide bonds. The molecule has 0 aliphatic carbocycles. The summed E-state index contributed by atoms with van der Waals surface area (Å²) in [5.41, 5.74) is 1.60. The van der Waals surface area contributed by atoms with Gasteiger partial charge in [0.2, 0.25) is 0 Å². The van der Waals surface area contributed by atoms with E-state index >= 15 is 0 Å². The van der Waals surface area contributed by atoms with E-state index in [-0.39, 0.29) is 20.7 Å². The fourth-order valence-corrected chi connectivity index (χ4v) is 3.45. The monoisotopic (exact) mass is 290 g/mol. The number of hydrogen-bond acceptors (Lipinski definition) is 0. The minimum absolute atomic E-state index is 0.235. The second-order valence-corrected chi connectivity index (χ2v) is 6.02. The molecular weight excluding hydrogens is 271 g/mol. The Bertz CT molecular complexity index is 234. The number of allylic oxidation sites excluding steroid dienone is 3. The summed E-state index contributed by atoms with van der Waals surface area (Å²) in [6, 6.07) is 0. The summed E-state index contributed by atoms with van der Waals surface area (Å²) in [6.07, 6.45) is 7.18. The van der Waals surface area contributed by atoms with Crippen molar-refractivity contribution < 1.29 is 0 Å². The summed E-state index contributed by atoms with van der Waals surface area (Å²) in [5.74, 6) is 1.63. The second-order valence-electron chi connectivity index (χ2n) is 3.95. The molecule has 1 aliphatic rings. The highest BCUT2D eigenvalue weighted by atomic mass is 127. The summed E-state index contributed by atoms with van der Waals surface area (Å²) in [5, 5.41) is 0. The maximum absolute atomic E-state index is 2.48. The van der Waals surface area contributed by atoms with Gasteiger partial charge < -0.3 is 0 Å². The van der Waals surface area contributed by atoms with E-state index in [0.717, 1.165) is 11.8 Å². The van der Waals surface area contributed by atoms with Crippen molar-refractivity contribution in [3.8, 4) is 0 Å². The van der Waals surface area contributed by atoms with E-state index in [1.807, 2.05) is 0 Å². The Morgan fingerprint density at radius 1 is 1.38 bits per heavy atom. The van der Waals surface area contributed by atoms with Crippen LogP contribution in [0.3, 0.4) is 0 Å². The molecule has 0 aromatic heterocycles. The minimum atomic E-state index is 0.235. The molecule has 0 spiro atoms. The van der Waals surface area contributed by atoms with Gasteiger partial charge in [0.25, 0.3) is 0 Å². The Morgan fingerprint density at radius 2 is 2.15 bits per heavy atom. The third-order valence-corrected chi connectivity index (χ3v) is 4.25. The molecule has 13 heavy (non-hydrogen) atoms. The molecule has 1 heteroatoms. The smallest absolute Gasteiger partial charge is 0.0158 e. The average Bonchev–Trinajstić information content (AvgIpc) is 2.15. The van der Waals surface area contributed by atoms with E-state index in [1.54, 1.807) is 5.57 Å². The third-order valence-electron chi connectivity index (χ3n) is 2.34. The molecule has 1 aliphatic heterocycles. The van der Waals surface area contributed by atoms with Crippen molar-refractivity contribution >= 4 is 24.7 Å². The van der Waals surface area contributed by atoms with Crippen molar-refractivity contribution in [2.24, 2.45) is 11.8 Å². The SMILES string of the molecule is CCC(CC(C)C)C1=CI=CC=C1. The van der Waals surface area contributed by atoms with E-state index < -0.39 is 0 Å². The van der Waals surface area contributed by atoms with Crippen LogP contribution in [0.15, 0.2) is 21.8 Å². The summed E-state index contributed by atoms with van der Waals surface area (Å²) >= 11 is 0.235. The molecule has 1 rings (SSSR count). The average molecular weight is 290 g/mol. The Balaban J connectivity index is 2.61. The molecule has 0 radical (unpaired) electrons. The molecule has 1 atom stereocenters. The lowest BCUT2D eigenvalue weighted by Gasteiger charge is -2.18. The highest BCUT2D eigenvalue weighted by Crippen LogP contribution is 2.27. The van der Waals surface area contributed by atoms with Crippen LogP contribution in [-0.2, 0) is 0 Å². The lowest BCUT2D eigenvalue weighted by atomic mass is 9.89. The van der Waals surface area contributed by atoms with E-state index in [1.165, 1.54) is 12.8 Å². The third kappa shape index (κ3) is 3.75. The zero-order valence-corrected chi connectivity index (χ0v) is 10.9. The molecule has 0 nitrogen and oxygen atoms in total. The van der Waals surface area contributed by atoms with Gasteiger partial charge in [-0.3, -0.25) is 0 Å². The topological polar surface area (TPSA) is 0 Å². The molecule has 0 bridgehead atoms. The van der Waals surface area contributed by atoms with E-state index in [0.29, 0.717) is 0 Å². The lowest BCUT2D eigenvalue weighted by Crippen LogP contribution is -2.05. The molecule has 0 saturated heterocycles. The maximum Gasteiger partial charge on any atom is -0.0158 e. The highest BCUT2D eigenvalue weighted by molar-refractivity contribution is 14.2. The van der Waals surface area contributed by atoms with Gasteiger partial charge in [-0.15, -0.1) is 0 Å². The van der Waals surface area contributed by atoms with Crippen LogP contribution >= 0.6 is 20.7 Å². The molecule has 0 aromatic carbocycles. The first-order chi connectivity index (χ1) is 6.24. The van der Waals surface area contributed by atoms with Gasteiger partial charge >= 0.3 is 0 Å². The lowest BCUT2D eigenvalue weighted by molar-refractivity contribution is 0.454. The first-order valence-corrected chi connectivity index (χ1v) is 7.55. The predicted octanol–water partition coefficient (Wildman–Crippen LogP) is 4.29. The van der Waals surface area contributed by atoms with Crippen molar-refractivity contribution in [3.05, 3.63) is 21.8 Å². The molecular formula is C12H19I. The summed E-state index contributed by atoms with van der Waals surface area (Å²) in [6.45, 7) is 6.94. The van der Waals surface area contributed by atoms with Gasteiger partial charge in [0, 0.05) is 0 Å². The second kappa shape index (κ2) is 5.74. The molecule has 0 fully saturated rings. The maximum atomic E-state index is 2.48. The summed E-state index contributed by atoms with van der Waals surface area (Å²) in [4.78, 5) is 0. The normalized spacial score (nSPS) is 18.3. The van der Waals surface area contributed by atoms with Crippen LogP contribution in [0.5, 0.6) is 0 Å². The van der Waals surface area contributed by atoms with Gasteiger partial charge in [0.05, 0.1) is 0 Å². The standard InChI is InChI=1S/C12H19I/c1-4-11(8-10(2)3)12-6-5-7-13-9-12/h5-7,9-11H,4,8H2,1-3H3. The van der Waals surface area contributed by atoms with Crippen molar-refractivity contribution in [2.45, 2.75) is 33.6 Å². The Kier molecular flexibility index (Phi) is 4.92. The van der Waals surface area contributed by atoms with Crippen LogP contribution in [-0.4, -0.2) is 4.01 Å². The molecule has 1 heterocycles. The predicted molar refractivity (Wildman–Crippen MR) is 70.5 cm³/mol. The Morgan fingerprint density at radius 3 is 2.62 bits per heavy atom. The first-order valence-electron chi connectivity index (χ1n) is 5.06. The summed E-state index contributed by atoms with van der Waals surface area (Å²) < 4.78 is 4.81.